The molecule has 4 atom stereocenters. The van der Waals surface area contributed by atoms with Crippen LogP contribution < -0.4 is 10.6 Å². The fraction of sp³-hybridized carbons (Fsp3) is 0.467. The summed E-state index contributed by atoms with van der Waals surface area (Å²) in [6.45, 7) is 7.07. The molecule has 1 heterocycles. The molecule has 3 amide bonds. The highest BCUT2D eigenvalue weighted by Gasteiger charge is 2.45. The Balaban J connectivity index is 1.74. The van der Waals surface area contributed by atoms with E-state index in [0.717, 1.165) is 11.1 Å². The molecule has 1 fully saturated rings. The molecule has 2 aromatic rings. The van der Waals surface area contributed by atoms with Gasteiger partial charge in [-0.1, -0.05) is 60.7 Å². The summed E-state index contributed by atoms with van der Waals surface area (Å²) in [5, 5.41) is 5.48. The number of benzene rings is 2. The standard InChI is InChI=1S/C30H39N3O6/c1-20-18-24(27(35)33(20)25(28(36)38-5)19-22-14-10-7-11-15-22)31-26(34)23(32-29(37)39-30(2,3)4)17-16-21-12-8-6-9-13-21/h6-15,20,23-25H,16-19H2,1-5H3,(H,31,34)(H,32,37)/t20?,23-,24-,25-/m0/s1. The number of nitrogens with zero attached hydrogens (tertiary/aromatic N) is 1. The van der Waals surface area contributed by atoms with Gasteiger partial charge >= 0.3 is 12.1 Å². The van der Waals surface area contributed by atoms with Gasteiger partial charge in [-0.2, -0.15) is 0 Å². The van der Waals surface area contributed by atoms with Gasteiger partial charge in [-0.3, -0.25) is 9.59 Å². The maximum atomic E-state index is 13.5. The Bertz CT molecular complexity index is 1130. The van der Waals surface area contributed by atoms with Crippen molar-refractivity contribution in [2.45, 2.75) is 83.1 Å². The second-order valence-corrected chi connectivity index (χ2v) is 10.8. The Kier molecular flexibility index (Phi) is 10.1. The molecule has 1 aliphatic rings. The van der Waals surface area contributed by atoms with Gasteiger partial charge in [-0.25, -0.2) is 9.59 Å². The molecule has 9 heteroatoms. The average Bonchev–Trinajstić information content (AvgIpc) is 3.16. The molecule has 2 aromatic carbocycles. The fourth-order valence-electron chi connectivity index (χ4n) is 4.75. The first-order valence-electron chi connectivity index (χ1n) is 13.3. The minimum Gasteiger partial charge on any atom is -0.467 e. The molecule has 0 bridgehead atoms. The van der Waals surface area contributed by atoms with Crippen LogP contribution in [-0.2, 0) is 36.7 Å². The van der Waals surface area contributed by atoms with Crippen LogP contribution in [0.2, 0.25) is 0 Å². The molecule has 0 aromatic heterocycles. The topological polar surface area (TPSA) is 114 Å². The number of aryl methyl sites for hydroxylation is 1. The van der Waals surface area contributed by atoms with Crippen LogP contribution in [0.25, 0.3) is 0 Å². The van der Waals surface area contributed by atoms with Crippen LogP contribution in [0.3, 0.4) is 0 Å². The van der Waals surface area contributed by atoms with Crippen LogP contribution in [0.15, 0.2) is 60.7 Å². The van der Waals surface area contributed by atoms with Gasteiger partial charge in [0.1, 0.15) is 23.7 Å². The van der Waals surface area contributed by atoms with Gasteiger partial charge in [-0.15, -0.1) is 0 Å². The third kappa shape index (κ3) is 8.56. The van der Waals surface area contributed by atoms with E-state index in [-0.39, 0.29) is 11.9 Å². The summed E-state index contributed by atoms with van der Waals surface area (Å²) in [5.74, 6) is -1.36. The molecule has 0 spiro atoms. The normalized spacial score (nSPS) is 18.7. The molecule has 0 saturated carbocycles. The van der Waals surface area contributed by atoms with E-state index in [9.17, 15) is 19.2 Å². The number of ether oxygens (including phenoxy) is 2. The zero-order chi connectivity index (χ0) is 28.6. The molecule has 9 nitrogen and oxygen atoms in total. The number of hydrogen-bond acceptors (Lipinski definition) is 6. The first-order valence-corrected chi connectivity index (χ1v) is 13.3. The van der Waals surface area contributed by atoms with Crippen LogP contribution in [0.4, 0.5) is 4.79 Å². The summed E-state index contributed by atoms with van der Waals surface area (Å²) in [7, 11) is 1.30. The monoisotopic (exact) mass is 537 g/mol. The minimum absolute atomic E-state index is 0.296. The van der Waals surface area contributed by atoms with Gasteiger partial charge in [0.05, 0.1) is 7.11 Å². The number of carbonyl (C=O) groups is 4. The molecule has 0 radical (unpaired) electrons. The number of carbonyl (C=O) groups excluding carboxylic acids is 4. The van der Waals surface area contributed by atoms with Crippen LogP contribution >= 0.6 is 0 Å². The van der Waals surface area contributed by atoms with Crippen molar-refractivity contribution in [1.29, 1.82) is 0 Å². The van der Waals surface area contributed by atoms with E-state index >= 15 is 0 Å². The van der Waals surface area contributed by atoms with Crippen LogP contribution in [0.1, 0.15) is 51.7 Å². The van der Waals surface area contributed by atoms with Crippen molar-refractivity contribution in [2.75, 3.05) is 7.11 Å². The maximum Gasteiger partial charge on any atom is 0.408 e. The molecule has 3 rings (SSSR count). The number of alkyl carbamates (subject to hydrolysis) is 1. The van der Waals surface area contributed by atoms with E-state index in [1.165, 1.54) is 12.0 Å². The van der Waals surface area contributed by atoms with Crippen molar-refractivity contribution in [3.05, 3.63) is 71.8 Å². The zero-order valence-corrected chi connectivity index (χ0v) is 23.3. The Labute approximate surface area is 230 Å². The van der Waals surface area contributed by atoms with E-state index in [2.05, 4.69) is 10.6 Å². The van der Waals surface area contributed by atoms with Crippen molar-refractivity contribution < 1.29 is 28.7 Å². The van der Waals surface area contributed by atoms with Gasteiger partial charge in [0.2, 0.25) is 11.8 Å². The lowest BCUT2D eigenvalue weighted by Gasteiger charge is -2.30. The second-order valence-electron chi connectivity index (χ2n) is 10.8. The first kappa shape index (κ1) is 29.7. The molecule has 1 aliphatic heterocycles. The van der Waals surface area contributed by atoms with Gasteiger partial charge < -0.3 is 25.0 Å². The Morgan fingerprint density at radius 1 is 1.00 bits per heavy atom. The van der Waals surface area contributed by atoms with Gasteiger partial charge in [-0.05, 0) is 58.1 Å². The molecule has 2 N–H and O–H groups in total. The predicted octanol–water partition coefficient (Wildman–Crippen LogP) is 3.40. The van der Waals surface area contributed by atoms with E-state index in [1.54, 1.807) is 20.8 Å². The molecule has 1 unspecified atom stereocenters. The van der Waals surface area contributed by atoms with Crippen LogP contribution in [0.5, 0.6) is 0 Å². The third-order valence-corrected chi connectivity index (χ3v) is 6.57. The summed E-state index contributed by atoms with van der Waals surface area (Å²) >= 11 is 0. The maximum absolute atomic E-state index is 13.5. The largest absolute Gasteiger partial charge is 0.467 e. The smallest absolute Gasteiger partial charge is 0.408 e. The van der Waals surface area contributed by atoms with Gasteiger partial charge in [0.25, 0.3) is 0 Å². The van der Waals surface area contributed by atoms with Crippen molar-refractivity contribution >= 4 is 23.9 Å². The number of nitrogens with one attached hydrogen (secondary N) is 2. The lowest BCUT2D eigenvalue weighted by atomic mass is 10.0. The molecule has 210 valence electrons. The molecular formula is C30H39N3O6. The molecular weight excluding hydrogens is 498 g/mol. The highest BCUT2D eigenvalue weighted by molar-refractivity contribution is 5.94. The quantitative estimate of drug-likeness (QED) is 0.449. The van der Waals surface area contributed by atoms with Gasteiger partial charge in [0.15, 0.2) is 0 Å². The van der Waals surface area contributed by atoms with Gasteiger partial charge in [0, 0.05) is 12.5 Å². The fourth-order valence-corrected chi connectivity index (χ4v) is 4.75. The van der Waals surface area contributed by atoms with E-state index in [1.807, 2.05) is 67.6 Å². The Morgan fingerprint density at radius 3 is 2.15 bits per heavy atom. The van der Waals surface area contributed by atoms with Crippen molar-refractivity contribution in [3.8, 4) is 0 Å². The lowest BCUT2D eigenvalue weighted by molar-refractivity contribution is -0.152. The number of esters is 1. The van der Waals surface area contributed by atoms with E-state index in [4.69, 9.17) is 9.47 Å². The summed E-state index contributed by atoms with van der Waals surface area (Å²) in [4.78, 5) is 53.6. The Morgan fingerprint density at radius 2 is 1.59 bits per heavy atom. The van der Waals surface area contributed by atoms with E-state index in [0.29, 0.717) is 25.7 Å². The Hall–Kier alpha value is -3.88. The molecule has 0 aliphatic carbocycles. The predicted molar refractivity (Wildman–Crippen MR) is 147 cm³/mol. The van der Waals surface area contributed by atoms with Crippen molar-refractivity contribution in [1.82, 2.24) is 15.5 Å². The highest BCUT2D eigenvalue weighted by Crippen LogP contribution is 2.25. The second kappa shape index (κ2) is 13.3. The van der Waals surface area contributed by atoms with Crippen LogP contribution in [0, 0.1) is 0 Å². The van der Waals surface area contributed by atoms with Crippen molar-refractivity contribution in [2.24, 2.45) is 0 Å². The van der Waals surface area contributed by atoms with E-state index < -0.39 is 41.7 Å². The lowest BCUT2D eigenvalue weighted by Crippen LogP contribution is -2.54. The number of amides is 3. The number of hydrogen-bond donors (Lipinski definition) is 2. The highest BCUT2D eigenvalue weighted by atomic mass is 16.6. The summed E-state index contributed by atoms with van der Waals surface area (Å²) in [6.07, 6.45) is 0.761. The molecule has 1 saturated heterocycles. The number of likely N-dealkylation sites (tertiary alicyclic amines) is 1. The summed E-state index contributed by atoms with van der Waals surface area (Å²) in [6, 6.07) is 16.1. The average molecular weight is 538 g/mol. The molecule has 39 heavy (non-hydrogen) atoms. The number of methoxy groups -OCH3 is 1. The SMILES string of the molecule is COC(=O)[C@H](Cc1ccccc1)N1C(=O)[C@@H](NC(=O)[C@H](CCc2ccccc2)NC(=O)OC(C)(C)C)CC1C. The summed E-state index contributed by atoms with van der Waals surface area (Å²) < 4.78 is 10.4. The van der Waals surface area contributed by atoms with Crippen molar-refractivity contribution in [3.63, 3.8) is 0 Å². The number of rotatable bonds is 10. The third-order valence-electron chi connectivity index (χ3n) is 6.57. The zero-order valence-electron chi connectivity index (χ0n) is 23.3. The summed E-state index contributed by atoms with van der Waals surface area (Å²) in [5.41, 5.74) is 1.17. The minimum atomic E-state index is -0.919. The van der Waals surface area contributed by atoms with Crippen LogP contribution in [-0.4, -0.2) is 65.7 Å². The first-order chi connectivity index (χ1) is 18.5.